The van der Waals surface area contributed by atoms with Crippen LogP contribution in [-0.4, -0.2) is 20.6 Å². The maximum atomic E-state index is 12.5. The summed E-state index contributed by atoms with van der Waals surface area (Å²) in [6.07, 6.45) is 0. The first-order valence-corrected chi connectivity index (χ1v) is 9.02. The highest BCUT2D eigenvalue weighted by atomic mass is 35.5. The van der Waals surface area contributed by atoms with E-state index in [1.54, 1.807) is 44.3 Å². The van der Waals surface area contributed by atoms with E-state index in [2.05, 4.69) is 4.98 Å². The van der Waals surface area contributed by atoms with Crippen LogP contribution in [0.1, 0.15) is 17.3 Å². The molecule has 23 heavy (non-hydrogen) atoms. The second-order valence-electron chi connectivity index (χ2n) is 5.03. The van der Waals surface area contributed by atoms with Crippen molar-refractivity contribution in [1.82, 2.24) is 9.55 Å². The Balaban J connectivity index is 1.91. The number of benzene rings is 1. The van der Waals surface area contributed by atoms with Crippen LogP contribution in [0, 0.1) is 0 Å². The molecule has 4 nitrogen and oxygen atoms in total. The summed E-state index contributed by atoms with van der Waals surface area (Å²) in [4.78, 5) is 30.0. The third kappa shape index (κ3) is 3.20. The zero-order chi connectivity index (χ0) is 16.6. The summed E-state index contributed by atoms with van der Waals surface area (Å²) in [7, 11) is 1.67. The fourth-order valence-electron chi connectivity index (χ4n) is 2.17. The van der Waals surface area contributed by atoms with Crippen LogP contribution < -0.4 is 5.56 Å². The van der Waals surface area contributed by atoms with E-state index in [-0.39, 0.29) is 16.6 Å². The van der Waals surface area contributed by atoms with Crippen molar-refractivity contribution in [1.29, 1.82) is 0 Å². The van der Waals surface area contributed by atoms with Crippen LogP contribution in [0.4, 0.5) is 0 Å². The molecule has 0 saturated carbocycles. The molecule has 118 valence electrons. The minimum atomic E-state index is -0.371. The van der Waals surface area contributed by atoms with Crippen LogP contribution in [0.5, 0.6) is 0 Å². The molecular formula is C16H13ClN2O2S2. The fraction of sp³-hybridized carbons (Fsp3) is 0.188. The van der Waals surface area contributed by atoms with Gasteiger partial charge >= 0.3 is 0 Å². The van der Waals surface area contributed by atoms with Gasteiger partial charge in [-0.3, -0.25) is 14.2 Å². The summed E-state index contributed by atoms with van der Waals surface area (Å²) < 4.78 is 1.49. The van der Waals surface area contributed by atoms with Gasteiger partial charge in [-0.1, -0.05) is 35.5 Å². The van der Waals surface area contributed by atoms with Crippen molar-refractivity contribution in [3.63, 3.8) is 0 Å². The van der Waals surface area contributed by atoms with Gasteiger partial charge in [0.15, 0.2) is 10.9 Å². The number of carbonyl (C=O) groups excluding carboxylic acids is 1. The lowest BCUT2D eigenvalue weighted by atomic mass is 10.1. The summed E-state index contributed by atoms with van der Waals surface area (Å²) in [5.41, 5.74) is 0.459. The zero-order valence-electron chi connectivity index (χ0n) is 12.4. The van der Waals surface area contributed by atoms with Gasteiger partial charge < -0.3 is 0 Å². The normalized spacial score (nSPS) is 12.5. The van der Waals surface area contributed by atoms with Gasteiger partial charge in [-0.2, -0.15) is 0 Å². The Morgan fingerprint density at radius 1 is 1.39 bits per heavy atom. The third-order valence-corrected chi connectivity index (χ3v) is 5.61. The van der Waals surface area contributed by atoms with Gasteiger partial charge in [-0.05, 0) is 30.5 Å². The van der Waals surface area contributed by atoms with E-state index in [0.717, 1.165) is 0 Å². The van der Waals surface area contributed by atoms with Gasteiger partial charge in [0.1, 0.15) is 4.83 Å². The topological polar surface area (TPSA) is 52.0 Å². The number of thioether (sulfide) groups is 1. The van der Waals surface area contributed by atoms with Crippen LogP contribution in [0.2, 0.25) is 5.02 Å². The van der Waals surface area contributed by atoms with Gasteiger partial charge in [0.25, 0.3) is 5.56 Å². The molecule has 0 aliphatic heterocycles. The zero-order valence-corrected chi connectivity index (χ0v) is 14.8. The van der Waals surface area contributed by atoms with Crippen LogP contribution >= 0.6 is 34.7 Å². The van der Waals surface area contributed by atoms with Crippen LogP contribution in [0.15, 0.2) is 45.7 Å². The predicted molar refractivity (Wildman–Crippen MR) is 96.0 cm³/mol. The second-order valence-corrected chi connectivity index (χ2v) is 7.67. The Labute approximate surface area is 146 Å². The molecule has 0 N–H and O–H groups in total. The van der Waals surface area contributed by atoms with E-state index >= 15 is 0 Å². The molecule has 0 radical (unpaired) electrons. The summed E-state index contributed by atoms with van der Waals surface area (Å²) in [6.45, 7) is 1.80. The van der Waals surface area contributed by atoms with Crippen molar-refractivity contribution >= 4 is 50.7 Å². The molecule has 0 fully saturated rings. The molecule has 3 rings (SSSR count). The predicted octanol–water partition coefficient (Wildman–Crippen LogP) is 4.01. The number of hydrogen-bond acceptors (Lipinski definition) is 5. The van der Waals surface area contributed by atoms with Gasteiger partial charge in [0.05, 0.1) is 10.6 Å². The standard InChI is InChI=1S/C16H13ClN2O2S2/c1-9(13(20)10-4-3-5-11(17)8-10)23-16-18-14-12(6-7-22-14)15(21)19(16)2/h3-9H,1-2H3/t9-/m1/s1. The number of carbonyl (C=O) groups is 1. The molecule has 1 atom stereocenters. The molecule has 0 spiro atoms. The fourth-order valence-corrected chi connectivity index (χ4v) is 4.12. The lowest BCUT2D eigenvalue weighted by Crippen LogP contribution is -2.21. The number of Topliss-reactive ketones (excluding diaryl/α,β-unsaturated/α-hetero) is 1. The van der Waals surface area contributed by atoms with Gasteiger partial charge in [0, 0.05) is 17.6 Å². The first kappa shape index (κ1) is 16.2. The van der Waals surface area contributed by atoms with Crippen LogP contribution in [0.3, 0.4) is 0 Å². The summed E-state index contributed by atoms with van der Waals surface area (Å²) in [5, 5.41) is 3.14. The van der Waals surface area contributed by atoms with Crippen LogP contribution in [-0.2, 0) is 7.05 Å². The molecule has 0 bridgehead atoms. The highest BCUT2D eigenvalue weighted by Crippen LogP contribution is 2.26. The Morgan fingerprint density at radius 2 is 2.17 bits per heavy atom. The average molecular weight is 365 g/mol. The van der Waals surface area contributed by atoms with E-state index in [9.17, 15) is 9.59 Å². The minimum Gasteiger partial charge on any atom is -0.293 e. The third-order valence-electron chi connectivity index (χ3n) is 3.42. The Kier molecular flexibility index (Phi) is 4.57. The maximum absolute atomic E-state index is 12.5. The number of ketones is 1. The Bertz CT molecular complexity index is 949. The minimum absolute atomic E-state index is 0.0435. The second kappa shape index (κ2) is 6.47. The number of hydrogen-bond donors (Lipinski definition) is 0. The average Bonchev–Trinajstić information content (AvgIpc) is 3.00. The molecule has 7 heteroatoms. The number of aromatic nitrogens is 2. The van der Waals surface area contributed by atoms with E-state index in [4.69, 9.17) is 11.6 Å². The van der Waals surface area contributed by atoms with Crippen molar-refractivity contribution in [2.45, 2.75) is 17.3 Å². The monoisotopic (exact) mass is 364 g/mol. The van der Waals surface area contributed by atoms with E-state index in [0.29, 0.717) is 26.0 Å². The molecular weight excluding hydrogens is 352 g/mol. The van der Waals surface area contributed by atoms with E-state index in [1.807, 2.05) is 5.38 Å². The molecule has 0 amide bonds. The molecule has 2 aromatic heterocycles. The SMILES string of the molecule is C[C@@H](Sc1nc2sccc2c(=O)n1C)C(=O)c1cccc(Cl)c1. The van der Waals surface area contributed by atoms with Crippen molar-refractivity contribution in [3.8, 4) is 0 Å². The number of nitrogens with zero attached hydrogens (tertiary/aromatic N) is 2. The first-order chi connectivity index (χ1) is 11.0. The largest absolute Gasteiger partial charge is 0.293 e. The molecule has 2 heterocycles. The summed E-state index contributed by atoms with van der Waals surface area (Å²) >= 11 is 8.63. The lowest BCUT2D eigenvalue weighted by Gasteiger charge is -2.12. The molecule has 0 saturated heterocycles. The van der Waals surface area contributed by atoms with Crippen molar-refractivity contribution in [3.05, 3.63) is 56.7 Å². The number of thiophene rings is 1. The molecule has 0 aliphatic rings. The van der Waals surface area contributed by atoms with Crippen molar-refractivity contribution in [2.75, 3.05) is 0 Å². The van der Waals surface area contributed by atoms with Crippen molar-refractivity contribution in [2.24, 2.45) is 7.05 Å². The van der Waals surface area contributed by atoms with E-state index < -0.39 is 0 Å². The number of rotatable bonds is 4. The first-order valence-electron chi connectivity index (χ1n) is 6.88. The Morgan fingerprint density at radius 3 is 2.91 bits per heavy atom. The molecule has 1 aromatic carbocycles. The highest BCUT2D eigenvalue weighted by molar-refractivity contribution is 8.00. The lowest BCUT2D eigenvalue weighted by molar-refractivity contribution is 0.0994. The Hall–Kier alpha value is -1.63. The molecule has 0 aliphatic carbocycles. The van der Waals surface area contributed by atoms with Crippen LogP contribution in [0.25, 0.3) is 10.2 Å². The maximum Gasteiger partial charge on any atom is 0.262 e. The van der Waals surface area contributed by atoms with Gasteiger partial charge in [-0.25, -0.2) is 4.98 Å². The smallest absolute Gasteiger partial charge is 0.262 e. The molecule has 0 unspecified atom stereocenters. The quantitative estimate of drug-likeness (QED) is 0.398. The van der Waals surface area contributed by atoms with Gasteiger partial charge in [-0.15, -0.1) is 11.3 Å². The number of halogens is 1. The summed E-state index contributed by atoms with van der Waals surface area (Å²) in [6, 6.07) is 8.63. The highest BCUT2D eigenvalue weighted by Gasteiger charge is 2.20. The summed E-state index contributed by atoms with van der Waals surface area (Å²) in [5.74, 6) is -0.0435. The molecule has 3 aromatic rings. The number of fused-ring (bicyclic) bond motifs is 1. The van der Waals surface area contributed by atoms with E-state index in [1.165, 1.54) is 27.7 Å². The van der Waals surface area contributed by atoms with Gasteiger partial charge in [0.2, 0.25) is 0 Å². The van der Waals surface area contributed by atoms with Crippen molar-refractivity contribution < 1.29 is 4.79 Å².